The number of piperidine rings is 1. The van der Waals surface area contributed by atoms with Gasteiger partial charge < -0.3 is 16.0 Å². The average molecular weight is 496 g/mol. The molecule has 1 aliphatic rings. The number of unbranched alkanes of at least 4 members (excludes halogenated alkanes) is 1. The van der Waals surface area contributed by atoms with E-state index < -0.39 is 23.0 Å². The Morgan fingerprint density at radius 1 is 1.11 bits per heavy atom. The van der Waals surface area contributed by atoms with Crippen molar-refractivity contribution in [1.29, 1.82) is 0 Å². The lowest BCUT2D eigenvalue weighted by atomic mass is 9.96. The zero-order valence-electron chi connectivity index (χ0n) is 20.6. The van der Waals surface area contributed by atoms with E-state index in [1.807, 2.05) is 19.1 Å². The Hall–Kier alpha value is -3.39. The van der Waals surface area contributed by atoms with Crippen molar-refractivity contribution >= 4 is 17.5 Å². The fourth-order valence-corrected chi connectivity index (χ4v) is 4.64. The third-order valence-corrected chi connectivity index (χ3v) is 6.26. The highest BCUT2D eigenvalue weighted by molar-refractivity contribution is 5.69. The monoisotopic (exact) mass is 495 g/mol. The van der Waals surface area contributed by atoms with Crippen LogP contribution in [-0.2, 0) is 6.54 Å². The van der Waals surface area contributed by atoms with Crippen molar-refractivity contribution in [1.82, 2.24) is 9.97 Å². The summed E-state index contributed by atoms with van der Waals surface area (Å²) in [4.78, 5) is 10.7. The van der Waals surface area contributed by atoms with Crippen molar-refractivity contribution in [2.75, 3.05) is 23.3 Å². The number of anilines is 2. The summed E-state index contributed by atoms with van der Waals surface area (Å²) in [5, 5.41) is 3.30. The van der Waals surface area contributed by atoms with Crippen LogP contribution in [-0.4, -0.2) is 29.1 Å². The second kappa shape index (κ2) is 11.6. The molecule has 0 spiro atoms. The quantitative estimate of drug-likeness (QED) is 0.392. The maximum Gasteiger partial charge on any atom is 0.149 e. The number of nitrogens with one attached hydrogen (secondary N) is 1. The molecule has 3 aromatic rings. The number of halogens is 3. The molecule has 5 nitrogen and oxygen atoms in total. The summed E-state index contributed by atoms with van der Waals surface area (Å²) in [7, 11) is 0. The molecule has 0 saturated carbocycles. The van der Waals surface area contributed by atoms with E-state index in [9.17, 15) is 13.2 Å². The van der Waals surface area contributed by atoms with E-state index in [0.29, 0.717) is 17.2 Å². The summed E-state index contributed by atoms with van der Waals surface area (Å²) in [6.45, 7) is 6.04. The van der Waals surface area contributed by atoms with Crippen LogP contribution in [0.15, 0.2) is 48.8 Å². The molecule has 3 heterocycles. The summed E-state index contributed by atoms with van der Waals surface area (Å²) < 4.78 is 44.4. The van der Waals surface area contributed by atoms with E-state index >= 15 is 0 Å². The highest BCUT2D eigenvalue weighted by atomic mass is 19.1. The standard InChI is InChI=1S/C28H32F3N5/c1-3-4-5-6-19-12-23(30)27(24(31)13-19)28-22(29)8-7-21(35-28)14-34-25-15-33-10-9-26(25)36-16-18(2)11-20(32)17-36/h5-10,12-13,15,18,20,34H,3-4,11,14,16-17,32H2,1-2H3/b6-5+. The second-order valence-corrected chi connectivity index (χ2v) is 9.44. The van der Waals surface area contributed by atoms with Crippen molar-refractivity contribution in [3.8, 4) is 11.3 Å². The first kappa shape index (κ1) is 25.7. The lowest BCUT2D eigenvalue weighted by Gasteiger charge is -2.37. The Morgan fingerprint density at radius 3 is 2.61 bits per heavy atom. The molecule has 0 amide bonds. The highest BCUT2D eigenvalue weighted by Crippen LogP contribution is 2.31. The van der Waals surface area contributed by atoms with Crippen molar-refractivity contribution in [3.63, 3.8) is 0 Å². The molecule has 1 fully saturated rings. The van der Waals surface area contributed by atoms with Gasteiger partial charge in [0.25, 0.3) is 0 Å². The molecule has 36 heavy (non-hydrogen) atoms. The minimum Gasteiger partial charge on any atom is -0.376 e. The molecule has 0 aliphatic carbocycles. The number of rotatable bonds is 8. The van der Waals surface area contributed by atoms with Gasteiger partial charge in [-0.2, -0.15) is 0 Å². The van der Waals surface area contributed by atoms with Crippen LogP contribution in [0.4, 0.5) is 24.5 Å². The van der Waals surface area contributed by atoms with Gasteiger partial charge in [-0.3, -0.25) is 4.98 Å². The van der Waals surface area contributed by atoms with Crippen LogP contribution in [0, 0.1) is 23.4 Å². The Morgan fingerprint density at radius 2 is 1.89 bits per heavy atom. The fraction of sp³-hybridized carbons (Fsp3) is 0.357. The Bertz CT molecular complexity index is 1200. The smallest absolute Gasteiger partial charge is 0.149 e. The molecule has 2 aromatic heterocycles. The van der Waals surface area contributed by atoms with Crippen LogP contribution in [0.3, 0.4) is 0 Å². The predicted octanol–water partition coefficient (Wildman–Crippen LogP) is 6.16. The Labute approximate surface area is 210 Å². The van der Waals surface area contributed by atoms with Gasteiger partial charge in [0, 0.05) is 25.3 Å². The minimum absolute atomic E-state index is 0.0920. The molecular formula is C28H32F3N5. The van der Waals surface area contributed by atoms with Gasteiger partial charge in [0.2, 0.25) is 0 Å². The van der Waals surface area contributed by atoms with Gasteiger partial charge in [0.15, 0.2) is 0 Å². The molecule has 4 rings (SSSR count). The van der Waals surface area contributed by atoms with E-state index in [1.165, 1.54) is 24.3 Å². The van der Waals surface area contributed by atoms with E-state index in [-0.39, 0.29) is 18.3 Å². The molecule has 1 aliphatic heterocycles. The van der Waals surface area contributed by atoms with Crippen molar-refractivity contribution < 1.29 is 13.2 Å². The zero-order valence-corrected chi connectivity index (χ0v) is 20.6. The highest BCUT2D eigenvalue weighted by Gasteiger charge is 2.24. The van der Waals surface area contributed by atoms with Crippen LogP contribution in [0.5, 0.6) is 0 Å². The van der Waals surface area contributed by atoms with E-state index in [2.05, 4.69) is 27.1 Å². The number of nitrogens with zero attached hydrogens (tertiary/aromatic N) is 3. The zero-order chi connectivity index (χ0) is 25.7. The van der Waals surface area contributed by atoms with E-state index in [1.54, 1.807) is 18.5 Å². The SMILES string of the molecule is CCC/C=C/c1cc(F)c(-c2nc(CNc3cnccc3N3CC(C)CC(N)C3)ccc2F)c(F)c1. The van der Waals surface area contributed by atoms with Crippen LogP contribution < -0.4 is 16.0 Å². The fourth-order valence-electron chi connectivity index (χ4n) is 4.64. The molecule has 1 saturated heterocycles. The van der Waals surface area contributed by atoms with E-state index in [0.717, 1.165) is 43.7 Å². The summed E-state index contributed by atoms with van der Waals surface area (Å²) in [5.74, 6) is -2.03. The minimum atomic E-state index is -0.854. The van der Waals surface area contributed by atoms with Gasteiger partial charge in [-0.1, -0.05) is 32.4 Å². The first-order valence-corrected chi connectivity index (χ1v) is 12.4. The van der Waals surface area contributed by atoms with E-state index in [4.69, 9.17) is 5.73 Å². The predicted molar refractivity (Wildman–Crippen MR) is 139 cm³/mol. The molecule has 0 bridgehead atoms. The number of nitrogens with two attached hydrogens (primary N) is 1. The van der Waals surface area contributed by atoms with Gasteiger partial charge in [0.05, 0.1) is 35.4 Å². The third-order valence-electron chi connectivity index (χ3n) is 6.26. The first-order valence-electron chi connectivity index (χ1n) is 12.4. The van der Waals surface area contributed by atoms with Gasteiger partial charge in [-0.15, -0.1) is 0 Å². The largest absolute Gasteiger partial charge is 0.376 e. The van der Waals surface area contributed by atoms with Crippen molar-refractivity contribution in [2.45, 2.75) is 45.7 Å². The molecule has 2 atom stereocenters. The van der Waals surface area contributed by atoms with Crippen molar-refractivity contribution in [2.24, 2.45) is 11.7 Å². The first-order chi connectivity index (χ1) is 17.4. The van der Waals surface area contributed by atoms with Crippen LogP contribution >= 0.6 is 0 Å². The number of benzene rings is 1. The number of pyridine rings is 2. The van der Waals surface area contributed by atoms with Gasteiger partial charge in [-0.05, 0) is 54.7 Å². The molecule has 3 N–H and O–H groups in total. The lowest BCUT2D eigenvalue weighted by molar-refractivity contribution is 0.402. The maximum absolute atomic E-state index is 14.9. The number of hydrogen-bond donors (Lipinski definition) is 2. The molecule has 2 unspecified atom stereocenters. The Balaban J connectivity index is 1.56. The van der Waals surface area contributed by atoms with Gasteiger partial charge in [0.1, 0.15) is 23.1 Å². The summed E-state index contributed by atoms with van der Waals surface area (Å²) in [5.41, 5.74) is 7.99. The topological polar surface area (TPSA) is 67.1 Å². The van der Waals surface area contributed by atoms with Crippen LogP contribution in [0.2, 0.25) is 0 Å². The summed E-state index contributed by atoms with van der Waals surface area (Å²) in [6.07, 6.45) is 9.67. The van der Waals surface area contributed by atoms with Gasteiger partial charge >= 0.3 is 0 Å². The second-order valence-electron chi connectivity index (χ2n) is 9.44. The molecule has 1 aromatic carbocycles. The maximum atomic E-state index is 14.9. The molecule has 8 heteroatoms. The van der Waals surface area contributed by atoms with Gasteiger partial charge in [-0.25, -0.2) is 18.2 Å². The summed E-state index contributed by atoms with van der Waals surface area (Å²) >= 11 is 0. The molecular weight excluding hydrogens is 463 g/mol. The normalized spacial score (nSPS) is 18.1. The average Bonchev–Trinajstić information content (AvgIpc) is 2.83. The number of allylic oxidation sites excluding steroid dienone is 1. The Kier molecular flexibility index (Phi) is 8.25. The number of hydrogen-bond acceptors (Lipinski definition) is 5. The summed E-state index contributed by atoms with van der Waals surface area (Å²) in [6, 6.07) is 7.10. The lowest BCUT2D eigenvalue weighted by Crippen LogP contribution is -2.46. The van der Waals surface area contributed by atoms with Crippen LogP contribution in [0.1, 0.15) is 44.4 Å². The number of aromatic nitrogens is 2. The molecule has 190 valence electrons. The third kappa shape index (κ3) is 6.05. The van der Waals surface area contributed by atoms with Crippen molar-refractivity contribution in [3.05, 3.63) is 77.5 Å². The molecule has 0 radical (unpaired) electrons. The van der Waals surface area contributed by atoms with Crippen LogP contribution in [0.25, 0.3) is 17.3 Å².